The number of benzene rings is 1. The minimum absolute atomic E-state index is 0.149. The number of ether oxygens (including phenoxy) is 3. The smallest absolute Gasteiger partial charge is 0.246 e. The van der Waals surface area contributed by atoms with Gasteiger partial charge in [-0.3, -0.25) is 4.79 Å². The fourth-order valence-electron chi connectivity index (χ4n) is 2.13. The van der Waals surface area contributed by atoms with Crippen LogP contribution >= 0.6 is 0 Å². The van der Waals surface area contributed by atoms with Crippen LogP contribution in [0.25, 0.3) is 5.69 Å². The third-order valence-electron chi connectivity index (χ3n) is 3.64. The Morgan fingerprint density at radius 1 is 1.15 bits per heavy atom. The average molecular weight is 374 g/mol. The van der Waals surface area contributed by atoms with Gasteiger partial charge in [-0.2, -0.15) is 0 Å². The van der Waals surface area contributed by atoms with Crippen molar-refractivity contribution in [2.45, 2.75) is 20.1 Å². The maximum absolute atomic E-state index is 11.5. The molecule has 0 atom stereocenters. The lowest BCUT2D eigenvalue weighted by atomic mass is 10.2. The van der Waals surface area contributed by atoms with Gasteiger partial charge < -0.3 is 19.5 Å². The van der Waals surface area contributed by atoms with E-state index in [0.717, 1.165) is 16.9 Å². The Bertz CT molecular complexity index is 728. The molecule has 1 heterocycles. The first-order chi connectivity index (χ1) is 13.1. The summed E-state index contributed by atoms with van der Waals surface area (Å²) >= 11 is 0. The van der Waals surface area contributed by atoms with Crippen LogP contribution in [0.3, 0.4) is 0 Å². The van der Waals surface area contributed by atoms with Gasteiger partial charge in [0.25, 0.3) is 0 Å². The molecular weight excluding hydrogens is 348 g/mol. The van der Waals surface area contributed by atoms with Crippen molar-refractivity contribution in [1.29, 1.82) is 0 Å². The molecule has 0 radical (unpaired) electrons. The van der Waals surface area contributed by atoms with Gasteiger partial charge in [-0.15, -0.1) is 5.10 Å². The van der Waals surface area contributed by atoms with E-state index < -0.39 is 0 Å². The number of carbonyl (C=O) groups excluding carboxylic acids is 1. The second-order valence-corrected chi connectivity index (χ2v) is 5.94. The molecular formula is C19H26N4O4. The fourth-order valence-corrected chi connectivity index (χ4v) is 2.13. The molecule has 0 saturated heterocycles. The van der Waals surface area contributed by atoms with Crippen LogP contribution in [0, 0.1) is 0 Å². The van der Waals surface area contributed by atoms with Crippen LogP contribution in [0.15, 0.2) is 42.6 Å². The number of hydrogen-bond donors (Lipinski definition) is 1. The van der Waals surface area contributed by atoms with E-state index in [-0.39, 0.29) is 5.91 Å². The summed E-state index contributed by atoms with van der Waals surface area (Å²) in [5.74, 6) is -0.149. The third-order valence-corrected chi connectivity index (χ3v) is 3.64. The van der Waals surface area contributed by atoms with Crippen LogP contribution in [0.2, 0.25) is 0 Å². The number of nitrogens with one attached hydrogen (secondary N) is 1. The van der Waals surface area contributed by atoms with E-state index in [2.05, 4.69) is 22.2 Å². The van der Waals surface area contributed by atoms with Crippen molar-refractivity contribution in [1.82, 2.24) is 20.3 Å². The van der Waals surface area contributed by atoms with Gasteiger partial charge in [-0.1, -0.05) is 23.9 Å². The van der Waals surface area contributed by atoms with Gasteiger partial charge in [0.05, 0.1) is 44.9 Å². The number of nitrogens with zero attached hydrogens (tertiary/aromatic N) is 3. The topological polar surface area (TPSA) is 87.5 Å². The van der Waals surface area contributed by atoms with E-state index in [9.17, 15) is 4.79 Å². The lowest BCUT2D eigenvalue weighted by molar-refractivity contribution is -0.117. The monoisotopic (exact) mass is 374 g/mol. The molecule has 1 aromatic heterocycles. The summed E-state index contributed by atoms with van der Waals surface area (Å²) in [5.41, 5.74) is 3.10. The van der Waals surface area contributed by atoms with E-state index in [1.54, 1.807) is 18.7 Å². The fraction of sp³-hybridized carbons (Fsp3) is 0.421. The molecule has 27 heavy (non-hydrogen) atoms. The van der Waals surface area contributed by atoms with E-state index in [0.29, 0.717) is 45.2 Å². The van der Waals surface area contributed by atoms with Crippen molar-refractivity contribution in [3.05, 3.63) is 53.9 Å². The Hall–Kier alpha value is -2.55. The molecule has 1 amide bonds. The number of amides is 1. The molecule has 0 aliphatic heterocycles. The van der Waals surface area contributed by atoms with Crippen LogP contribution in [-0.2, 0) is 32.2 Å². The summed E-state index contributed by atoms with van der Waals surface area (Å²) in [7, 11) is 1.64. The highest BCUT2D eigenvalue weighted by Crippen LogP contribution is 2.10. The minimum atomic E-state index is -0.149. The van der Waals surface area contributed by atoms with Gasteiger partial charge in [0.2, 0.25) is 5.91 Å². The number of rotatable bonds is 12. The number of methoxy groups -OCH3 is 1. The Morgan fingerprint density at radius 2 is 1.85 bits per heavy atom. The zero-order valence-electron chi connectivity index (χ0n) is 15.8. The molecule has 0 bridgehead atoms. The molecule has 1 aromatic carbocycles. The quantitative estimate of drug-likeness (QED) is 0.449. The minimum Gasteiger partial charge on any atom is -0.382 e. The number of hydrogen-bond acceptors (Lipinski definition) is 6. The largest absolute Gasteiger partial charge is 0.382 e. The van der Waals surface area contributed by atoms with Crippen LogP contribution in [-0.4, -0.2) is 54.4 Å². The van der Waals surface area contributed by atoms with E-state index in [4.69, 9.17) is 14.2 Å². The van der Waals surface area contributed by atoms with Gasteiger partial charge in [0.15, 0.2) is 0 Å². The maximum Gasteiger partial charge on any atom is 0.246 e. The Balaban J connectivity index is 1.76. The van der Waals surface area contributed by atoms with Crippen LogP contribution in [0.5, 0.6) is 0 Å². The van der Waals surface area contributed by atoms with Crippen molar-refractivity contribution >= 4 is 5.91 Å². The Labute approximate surface area is 159 Å². The summed E-state index contributed by atoms with van der Waals surface area (Å²) in [5, 5.41) is 11.0. The molecule has 2 rings (SSSR count). The summed E-state index contributed by atoms with van der Waals surface area (Å²) in [4.78, 5) is 11.5. The van der Waals surface area contributed by atoms with Gasteiger partial charge in [0.1, 0.15) is 5.69 Å². The molecule has 0 saturated carbocycles. The Morgan fingerprint density at radius 3 is 2.56 bits per heavy atom. The molecule has 0 unspecified atom stereocenters. The van der Waals surface area contributed by atoms with Crippen molar-refractivity contribution in [3.63, 3.8) is 0 Å². The molecule has 1 N–H and O–H groups in total. The van der Waals surface area contributed by atoms with Gasteiger partial charge in [-0.25, -0.2) is 4.68 Å². The lowest BCUT2D eigenvalue weighted by Gasteiger charge is -2.06. The zero-order valence-corrected chi connectivity index (χ0v) is 15.8. The van der Waals surface area contributed by atoms with Crippen molar-refractivity contribution in [2.75, 3.05) is 33.5 Å². The summed E-state index contributed by atoms with van der Waals surface area (Å²) < 4.78 is 17.4. The lowest BCUT2D eigenvalue weighted by Crippen LogP contribution is -2.22. The van der Waals surface area contributed by atoms with Crippen LogP contribution in [0.1, 0.15) is 18.2 Å². The molecule has 0 aliphatic carbocycles. The molecule has 2 aromatic rings. The first-order valence-electron chi connectivity index (χ1n) is 8.69. The predicted octanol–water partition coefficient (Wildman–Crippen LogP) is 1.64. The van der Waals surface area contributed by atoms with Crippen molar-refractivity contribution < 1.29 is 19.0 Å². The second kappa shape index (κ2) is 11.2. The van der Waals surface area contributed by atoms with Crippen molar-refractivity contribution in [2.24, 2.45) is 0 Å². The molecule has 0 fully saturated rings. The summed E-state index contributed by atoms with van der Waals surface area (Å²) in [6.07, 6.45) is 1.82. The zero-order chi connectivity index (χ0) is 19.5. The van der Waals surface area contributed by atoms with Crippen LogP contribution < -0.4 is 5.32 Å². The SMILES string of the molecule is C=C(C)C(=O)NCc1ccc(-n2cc(COCCOCCOC)nn2)cc1. The first-order valence-corrected chi connectivity index (χ1v) is 8.69. The normalized spacial score (nSPS) is 10.7. The highest BCUT2D eigenvalue weighted by atomic mass is 16.5. The summed E-state index contributed by atoms with van der Waals surface area (Å²) in [6.45, 7) is 8.26. The number of aromatic nitrogens is 3. The van der Waals surface area contributed by atoms with Gasteiger partial charge in [0, 0.05) is 19.2 Å². The van der Waals surface area contributed by atoms with E-state index in [1.165, 1.54) is 0 Å². The standard InChI is InChI=1S/C19H26N4O4/c1-15(2)19(24)20-12-16-4-6-18(7-5-16)23-13-17(21-22-23)14-27-11-10-26-9-8-25-3/h4-7,13H,1,8-12,14H2,2-3H3,(H,20,24). The predicted molar refractivity (Wildman–Crippen MR) is 100 cm³/mol. The van der Waals surface area contributed by atoms with E-state index >= 15 is 0 Å². The van der Waals surface area contributed by atoms with Crippen molar-refractivity contribution in [3.8, 4) is 5.69 Å². The summed E-state index contributed by atoms with van der Waals surface area (Å²) in [6, 6.07) is 7.71. The molecule has 0 aliphatic rings. The molecule has 8 nitrogen and oxygen atoms in total. The highest BCUT2D eigenvalue weighted by molar-refractivity contribution is 5.91. The average Bonchev–Trinajstić information content (AvgIpc) is 3.14. The molecule has 0 spiro atoms. The Kier molecular flexibility index (Phi) is 8.63. The van der Waals surface area contributed by atoms with E-state index in [1.807, 2.05) is 30.5 Å². The number of carbonyl (C=O) groups is 1. The second-order valence-electron chi connectivity index (χ2n) is 5.94. The van der Waals surface area contributed by atoms with Crippen LogP contribution in [0.4, 0.5) is 0 Å². The third kappa shape index (κ3) is 7.30. The highest BCUT2D eigenvalue weighted by Gasteiger charge is 2.05. The van der Waals surface area contributed by atoms with Gasteiger partial charge >= 0.3 is 0 Å². The maximum atomic E-state index is 11.5. The molecule has 146 valence electrons. The van der Waals surface area contributed by atoms with Gasteiger partial charge in [-0.05, 0) is 24.6 Å². The first kappa shape index (κ1) is 20.8. The molecule has 8 heteroatoms.